The summed E-state index contributed by atoms with van der Waals surface area (Å²) in [5.74, 6) is -0.938. The summed E-state index contributed by atoms with van der Waals surface area (Å²) in [6.45, 7) is 0.232. The molecule has 0 saturated carbocycles. The van der Waals surface area contributed by atoms with E-state index in [0.29, 0.717) is 32.2 Å². The molecule has 3 aromatic carbocycles. The molecule has 5 rings (SSSR count). The number of fused-ring (bicyclic) bond motifs is 1. The maximum atomic E-state index is 15.1. The van der Waals surface area contributed by atoms with Gasteiger partial charge < -0.3 is 20.3 Å². The molecule has 2 heterocycles. The van der Waals surface area contributed by atoms with Crippen molar-refractivity contribution in [3.63, 3.8) is 0 Å². The number of carbonyl (C=O) groups is 2. The Kier molecular flexibility index (Phi) is 9.31. The summed E-state index contributed by atoms with van der Waals surface area (Å²) in [5, 5.41) is 14.5. The number of thiocarbonyl (C=S) groups is 1. The number of anilines is 2. The van der Waals surface area contributed by atoms with Crippen molar-refractivity contribution in [2.24, 2.45) is 0 Å². The molecule has 0 unspecified atom stereocenters. The number of ether oxygens (including phenoxy) is 1. The van der Waals surface area contributed by atoms with Gasteiger partial charge in [0, 0.05) is 36.2 Å². The van der Waals surface area contributed by atoms with Crippen molar-refractivity contribution in [2.45, 2.75) is 12.8 Å². The number of hydrogen-bond acceptors (Lipinski definition) is 7. The summed E-state index contributed by atoms with van der Waals surface area (Å²) in [5.41, 5.74) is 2.37. The minimum absolute atomic E-state index is 0.0416. The van der Waals surface area contributed by atoms with Crippen LogP contribution in [0.25, 0.3) is 10.2 Å². The normalized spacial score (nSPS) is 10.5. The first-order valence-electron chi connectivity index (χ1n) is 13.2. The van der Waals surface area contributed by atoms with Gasteiger partial charge in [0.05, 0.1) is 34.0 Å². The Morgan fingerprint density at radius 1 is 1.00 bits per heavy atom. The van der Waals surface area contributed by atoms with Gasteiger partial charge in [-0.05, 0) is 48.1 Å². The molecule has 0 bridgehead atoms. The molecule has 5 aromatic rings. The van der Waals surface area contributed by atoms with E-state index in [-0.39, 0.29) is 42.1 Å². The molecule has 0 aliphatic rings. The van der Waals surface area contributed by atoms with E-state index in [9.17, 15) is 9.59 Å². The number of nitriles is 1. The molecule has 0 aliphatic heterocycles. The summed E-state index contributed by atoms with van der Waals surface area (Å²) in [4.78, 5) is 32.1. The third-order valence-corrected chi connectivity index (χ3v) is 7.55. The van der Waals surface area contributed by atoms with Crippen molar-refractivity contribution in [1.82, 2.24) is 10.3 Å². The van der Waals surface area contributed by atoms with E-state index in [1.54, 1.807) is 23.1 Å². The number of benzene rings is 3. The molecule has 2 aromatic heterocycles. The molecule has 0 atom stereocenters. The topological polar surface area (TPSA) is 107 Å². The number of aromatic nitrogens is 1. The summed E-state index contributed by atoms with van der Waals surface area (Å²) >= 11 is 6.39. The highest BCUT2D eigenvalue weighted by Gasteiger charge is 2.22. The predicted molar refractivity (Wildman–Crippen MR) is 169 cm³/mol. The second kappa shape index (κ2) is 13.7. The second-order valence-electron chi connectivity index (χ2n) is 9.25. The maximum Gasteiger partial charge on any atom is 0.268 e. The van der Waals surface area contributed by atoms with Crippen LogP contribution in [0.1, 0.15) is 21.7 Å². The van der Waals surface area contributed by atoms with Crippen LogP contribution < -0.4 is 20.3 Å². The van der Waals surface area contributed by atoms with Crippen molar-refractivity contribution in [3.05, 3.63) is 113 Å². The predicted octanol–water partition coefficient (Wildman–Crippen LogP) is 6.84. The first-order valence-corrected chi connectivity index (χ1v) is 14.4. The third-order valence-electron chi connectivity index (χ3n) is 6.22. The number of pyridine rings is 1. The molecule has 0 saturated heterocycles. The van der Waals surface area contributed by atoms with Crippen LogP contribution in [0.4, 0.5) is 15.8 Å². The molecule has 0 spiro atoms. The Labute approximate surface area is 256 Å². The van der Waals surface area contributed by atoms with Gasteiger partial charge in [-0.15, -0.1) is 11.3 Å². The molecule has 214 valence electrons. The number of halogens is 1. The molecule has 8 nitrogen and oxygen atoms in total. The Balaban J connectivity index is 1.29. The number of rotatable bonds is 9. The van der Waals surface area contributed by atoms with Crippen LogP contribution in [0.3, 0.4) is 0 Å². The number of nitrogens with zero attached hydrogens (tertiary/aromatic N) is 3. The number of amides is 2. The molecule has 0 radical (unpaired) electrons. The first-order chi connectivity index (χ1) is 20.9. The van der Waals surface area contributed by atoms with Gasteiger partial charge in [0.2, 0.25) is 5.91 Å². The van der Waals surface area contributed by atoms with Crippen LogP contribution in [-0.4, -0.2) is 28.5 Å². The summed E-state index contributed by atoms with van der Waals surface area (Å²) in [7, 11) is 0. The number of carbonyl (C=O) groups excluding carboxylic acids is 2. The summed E-state index contributed by atoms with van der Waals surface area (Å²) in [6.07, 6.45) is 1.85. The van der Waals surface area contributed by atoms with Crippen molar-refractivity contribution in [1.29, 1.82) is 5.26 Å². The molecule has 2 amide bonds. The van der Waals surface area contributed by atoms with Crippen LogP contribution in [0.15, 0.2) is 97.2 Å². The van der Waals surface area contributed by atoms with Crippen molar-refractivity contribution < 1.29 is 18.7 Å². The van der Waals surface area contributed by atoms with Gasteiger partial charge in [0.15, 0.2) is 16.7 Å². The average molecular weight is 610 g/mol. The third kappa shape index (κ3) is 7.37. The van der Waals surface area contributed by atoms with Crippen LogP contribution in [0.5, 0.6) is 11.5 Å². The maximum absolute atomic E-state index is 15.1. The average Bonchev–Trinajstić information content (AvgIpc) is 3.45. The Hall–Kier alpha value is -5.18. The molecular weight excluding hydrogens is 586 g/mol. The minimum Gasteiger partial charge on any atom is -0.453 e. The Bertz CT molecular complexity index is 1820. The van der Waals surface area contributed by atoms with Gasteiger partial charge >= 0.3 is 0 Å². The first kappa shape index (κ1) is 29.3. The zero-order valence-corrected chi connectivity index (χ0v) is 24.3. The minimum atomic E-state index is -0.659. The second-order valence-corrected chi connectivity index (χ2v) is 10.7. The van der Waals surface area contributed by atoms with Crippen LogP contribution in [-0.2, 0) is 11.2 Å². The van der Waals surface area contributed by atoms with E-state index in [0.717, 1.165) is 5.56 Å². The van der Waals surface area contributed by atoms with Crippen LogP contribution >= 0.6 is 23.6 Å². The zero-order chi connectivity index (χ0) is 30.2. The molecule has 0 fully saturated rings. The van der Waals surface area contributed by atoms with E-state index < -0.39 is 5.82 Å². The van der Waals surface area contributed by atoms with Crippen molar-refractivity contribution in [3.8, 4) is 17.6 Å². The molecule has 11 heteroatoms. The number of thiophene rings is 1. The van der Waals surface area contributed by atoms with E-state index in [4.69, 9.17) is 22.2 Å². The molecule has 2 N–H and O–H groups in total. The number of hydrogen-bond donors (Lipinski definition) is 2. The monoisotopic (exact) mass is 609 g/mol. The van der Waals surface area contributed by atoms with E-state index in [1.165, 1.54) is 29.7 Å². The molecule has 0 aliphatic carbocycles. The van der Waals surface area contributed by atoms with Gasteiger partial charge in [-0.2, -0.15) is 5.26 Å². The fraction of sp³-hybridized carbons (Fsp3) is 0.0938. The lowest BCUT2D eigenvalue weighted by atomic mass is 10.1. The van der Waals surface area contributed by atoms with Gasteiger partial charge in [-0.25, -0.2) is 4.39 Å². The van der Waals surface area contributed by atoms with Crippen LogP contribution in [0, 0.1) is 17.1 Å². The van der Waals surface area contributed by atoms with Crippen LogP contribution in [0.2, 0.25) is 0 Å². The summed E-state index contributed by atoms with van der Waals surface area (Å²) < 4.78 is 21.6. The van der Waals surface area contributed by atoms with Crippen molar-refractivity contribution in [2.75, 3.05) is 16.8 Å². The lowest BCUT2D eigenvalue weighted by molar-refractivity contribution is -0.119. The Morgan fingerprint density at radius 3 is 2.47 bits per heavy atom. The van der Waals surface area contributed by atoms with Gasteiger partial charge in [0.25, 0.3) is 5.91 Å². The smallest absolute Gasteiger partial charge is 0.268 e. The van der Waals surface area contributed by atoms with Gasteiger partial charge in [0.1, 0.15) is 5.75 Å². The Morgan fingerprint density at radius 2 is 1.74 bits per heavy atom. The van der Waals surface area contributed by atoms with Crippen molar-refractivity contribution >= 4 is 62.1 Å². The zero-order valence-electron chi connectivity index (χ0n) is 22.6. The molecule has 43 heavy (non-hydrogen) atoms. The lowest BCUT2D eigenvalue weighted by Gasteiger charge is -2.20. The SMILES string of the molecule is N#CCCN(C(=O)c1cc2nccc(Oc3ccc(NC(=S)NC(=O)Cc4ccccc4)cc3F)c2s1)c1ccccc1. The lowest BCUT2D eigenvalue weighted by Crippen LogP contribution is -2.35. The highest BCUT2D eigenvalue weighted by atomic mass is 32.1. The van der Waals surface area contributed by atoms with Gasteiger partial charge in [-0.1, -0.05) is 48.5 Å². The highest BCUT2D eigenvalue weighted by molar-refractivity contribution is 7.80. The quantitative estimate of drug-likeness (QED) is 0.176. The molecular formula is C32H24FN5O3S2. The largest absolute Gasteiger partial charge is 0.453 e. The van der Waals surface area contributed by atoms with Gasteiger partial charge in [-0.3, -0.25) is 14.6 Å². The fourth-order valence-corrected chi connectivity index (χ4v) is 5.49. The highest BCUT2D eigenvalue weighted by Crippen LogP contribution is 2.37. The van der Waals surface area contributed by atoms with E-state index in [2.05, 4.69) is 21.7 Å². The van der Waals surface area contributed by atoms with E-state index >= 15 is 4.39 Å². The van der Waals surface area contributed by atoms with E-state index in [1.807, 2.05) is 60.7 Å². The number of para-hydroxylation sites is 1. The summed E-state index contributed by atoms with van der Waals surface area (Å²) in [6, 6.07) is 27.9. The standard InChI is InChI=1S/C32H24FN5O3S2/c33-24-19-22(36-32(42)37-29(39)18-21-8-3-1-4-9-21)12-13-26(24)41-27-14-16-35-25-20-28(43-30(25)27)31(40)38(17-7-15-34)23-10-5-2-6-11-23/h1-6,8-14,16,19-20H,7,17-18H2,(H2,36,37,39,42). The fourth-order valence-electron chi connectivity index (χ4n) is 4.25. The number of nitrogens with one attached hydrogen (secondary N) is 2.